The Morgan fingerprint density at radius 3 is 2.77 bits per heavy atom. The molecule has 43 heavy (non-hydrogen) atoms. The van der Waals surface area contributed by atoms with Crippen LogP contribution in [0.4, 0.5) is 19.7 Å². The van der Waals surface area contributed by atoms with E-state index in [-0.39, 0.29) is 48.9 Å². The highest BCUT2D eigenvalue weighted by molar-refractivity contribution is 7.22. The minimum Gasteiger partial charge on any atom is -0.461 e. The predicted octanol–water partition coefficient (Wildman–Crippen LogP) is 5.37. The van der Waals surface area contributed by atoms with Crippen LogP contribution >= 0.6 is 22.9 Å². The number of aromatic nitrogens is 3. The van der Waals surface area contributed by atoms with Crippen LogP contribution in [0.2, 0.25) is 5.02 Å². The molecular weight excluding hydrogens is 594 g/mol. The van der Waals surface area contributed by atoms with E-state index >= 15 is 4.39 Å². The molecule has 13 heteroatoms. The highest BCUT2D eigenvalue weighted by atomic mass is 35.5. The van der Waals surface area contributed by atoms with Gasteiger partial charge < -0.3 is 20.7 Å². The Labute approximate surface area is 256 Å². The predicted molar refractivity (Wildman–Crippen MR) is 165 cm³/mol. The second-order valence-electron chi connectivity index (χ2n) is 11.7. The standard InChI is InChI=1S/C30H31ClF2N8OS/c31-20-13-19-24(23(33)22(20)18-3-4-21(32)26-25(18)37-28(35)43-26)38-29(42-16-30-6-1-10-41(30)11-2-7-30)39-27(19)40-12-9-36-14-17(15-40)5-8-34/h3-4,13,17,36H,1-2,5-7,9-12,14-16H2,(H2,35,37). The first-order valence-electron chi connectivity index (χ1n) is 14.6. The molecule has 2 aromatic heterocycles. The third kappa shape index (κ3) is 5.02. The quantitative estimate of drug-likeness (QED) is 0.292. The molecule has 0 aliphatic carbocycles. The number of nitrogens with two attached hydrogens (primary N) is 1. The van der Waals surface area contributed by atoms with Gasteiger partial charge in [-0.15, -0.1) is 0 Å². The number of benzene rings is 2. The summed E-state index contributed by atoms with van der Waals surface area (Å²) in [6.07, 6.45) is 4.72. The monoisotopic (exact) mass is 624 g/mol. The molecule has 5 heterocycles. The Morgan fingerprint density at radius 2 is 1.98 bits per heavy atom. The molecule has 3 saturated heterocycles. The molecule has 224 valence electrons. The van der Waals surface area contributed by atoms with Gasteiger partial charge in [-0.1, -0.05) is 22.9 Å². The number of nitrogens with zero attached hydrogens (tertiary/aromatic N) is 6. The van der Waals surface area contributed by atoms with Crippen molar-refractivity contribution in [1.82, 2.24) is 25.2 Å². The number of fused-ring (bicyclic) bond motifs is 3. The lowest BCUT2D eigenvalue weighted by Gasteiger charge is -2.31. The third-order valence-electron chi connectivity index (χ3n) is 9.05. The molecule has 9 nitrogen and oxygen atoms in total. The van der Waals surface area contributed by atoms with Gasteiger partial charge in [0, 0.05) is 55.0 Å². The Hall–Kier alpha value is -3.37. The Balaban J connectivity index is 1.37. The summed E-state index contributed by atoms with van der Waals surface area (Å²) in [6, 6.07) is 6.76. The highest BCUT2D eigenvalue weighted by Gasteiger charge is 2.45. The van der Waals surface area contributed by atoms with Gasteiger partial charge in [0.25, 0.3) is 0 Å². The summed E-state index contributed by atoms with van der Waals surface area (Å²) < 4.78 is 37.9. The second-order valence-corrected chi connectivity index (χ2v) is 13.1. The maximum atomic E-state index is 16.7. The molecule has 3 aliphatic heterocycles. The average Bonchev–Trinajstić information content (AvgIpc) is 3.64. The van der Waals surface area contributed by atoms with E-state index in [4.69, 9.17) is 27.1 Å². The van der Waals surface area contributed by atoms with Crippen molar-refractivity contribution >= 4 is 55.0 Å². The maximum Gasteiger partial charge on any atom is 0.319 e. The Bertz CT molecular complexity index is 1750. The van der Waals surface area contributed by atoms with Crippen molar-refractivity contribution in [3.8, 4) is 23.2 Å². The lowest BCUT2D eigenvalue weighted by molar-refractivity contribution is 0.108. The SMILES string of the molecule is N#CCC1CNCCN(c2nc(OCC34CCCN3CCC4)nc3c(F)c(-c4ccc(F)c5sc(N)nc45)c(Cl)cc23)C1. The first-order valence-corrected chi connectivity index (χ1v) is 15.8. The molecule has 0 saturated carbocycles. The van der Waals surface area contributed by atoms with E-state index in [1.807, 2.05) is 0 Å². The number of nitrogen functional groups attached to an aromatic ring is 1. The average molecular weight is 625 g/mol. The van der Waals surface area contributed by atoms with Crippen molar-refractivity contribution in [3.05, 3.63) is 34.9 Å². The van der Waals surface area contributed by atoms with Gasteiger partial charge in [-0.25, -0.2) is 13.8 Å². The first-order chi connectivity index (χ1) is 20.9. The van der Waals surface area contributed by atoms with Crippen molar-refractivity contribution in [1.29, 1.82) is 5.26 Å². The number of ether oxygens (including phenoxy) is 1. The fraction of sp³-hybridized carbons (Fsp3) is 0.467. The summed E-state index contributed by atoms with van der Waals surface area (Å²) in [5.74, 6) is -0.583. The molecule has 2 aromatic carbocycles. The van der Waals surface area contributed by atoms with Gasteiger partial charge in [-0.3, -0.25) is 4.90 Å². The zero-order valence-electron chi connectivity index (χ0n) is 23.5. The zero-order chi connectivity index (χ0) is 29.7. The van der Waals surface area contributed by atoms with Gasteiger partial charge in [-0.05, 0) is 57.0 Å². The summed E-state index contributed by atoms with van der Waals surface area (Å²) in [5.41, 5.74) is 6.56. The van der Waals surface area contributed by atoms with Crippen molar-refractivity contribution in [3.63, 3.8) is 0 Å². The van der Waals surface area contributed by atoms with Gasteiger partial charge in [0.1, 0.15) is 23.8 Å². The number of hydrogen-bond acceptors (Lipinski definition) is 10. The second kappa shape index (κ2) is 11.3. The molecule has 4 aromatic rings. The highest BCUT2D eigenvalue weighted by Crippen LogP contribution is 2.43. The van der Waals surface area contributed by atoms with E-state index < -0.39 is 11.6 Å². The molecule has 1 unspecified atom stereocenters. The summed E-state index contributed by atoms with van der Waals surface area (Å²) in [4.78, 5) is 18.3. The van der Waals surface area contributed by atoms with E-state index in [9.17, 15) is 9.65 Å². The van der Waals surface area contributed by atoms with Crippen molar-refractivity contribution in [2.45, 2.75) is 37.6 Å². The van der Waals surface area contributed by atoms with Crippen LogP contribution in [0.3, 0.4) is 0 Å². The van der Waals surface area contributed by atoms with Crippen molar-refractivity contribution in [2.75, 3.05) is 56.5 Å². The van der Waals surface area contributed by atoms with E-state index in [2.05, 4.69) is 31.2 Å². The van der Waals surface area contributed by atoms with E-state index in [1.54, 1.807) is 6.07 Å². The number of nitrogens with one attached hydrogen (secondary N) is 1. The maximum absolute atomic E-state index is 16.7. The summed E-state index contributed by atoms with van der Waals surface area (Å²) in [6.45, 7) is 5.07. The summed E-state index contributed by atoms with van der Waals surface area (Å²) >= 11 is 7.80. The molecule has 3 fully saturated rings. The van der Waals surface area contributed by atoms with Crippen LogP contribution in [0.5, 0.6) is 6.01 Å². The third-order valence-corrected chi connectivity index (χ3v) is 10.2. The molecule has 0 bridgehead atoms. The molecular formula is C30H31ClF2N8OS. The lowest BCUT2D eigenvalue weighted by Crippen LogP contribution is -2.43. The molecule has 3 N–H and O–H groups in total. The molecule has 1 atom stereocenters. The van der Waals surface area contributed by atoms with Crippen LogP contribution in [-0.4, -0.2) is 71.3 Å². The number of rotatable bonds is 6. The van der Waals surface area contributed by atoms with Crippen molar-refractivity contribution in [2.24, 2.45) is 5.92 Å². The van der Waals surface area contributed by atoms with Gasteiger partial charge >= 0.3 is 6.01 Å². The number of nitriles is 1. The van der Waals surface area contributed by atoms with Crippen molar-refractivity contribution < 1.29 is 13.5 Å². The van der Waals surface area contributed by atoms with Gasteiger partial charge in [-0.2, -0.15) is 15.2 Å². The smallest absolute Gasteiger partial charge is 0.319 e. The molecule has 0 spiro atoms. The van der Waals surface area contributed by atoms with Crippen LogP contribution in [0.15, 0.2) is 18.2 Å². The number of hydrogen-bond donors (Lipinski definition) is 2. The first kappa shape index (κ1) is 28.4. The number of halogens is 3. The van der Waals surface area contributed by atoms with Gasteiger partial charge in [0.2, 0.25) is 0 Å². The lowest BCUT2D eigenvalue weighted by atomic mass is 9.95. The van der Waals surface area contributed by atoms with Crippen LogP contribution in [-0.2, 0) is 0 Å². The molecule has 0 amide bonds. The fourth-order valence-corrected chi connectivity index (χ4v) is 8.07. The number of thiazole rings is 1. The normalized spacial score (nSPS) is 20.4. The van der Waals surface area contributed by atoms with E-state index in [1.165, 1.54) is 12.1 Å². The fourth-order valence-electron chi connectivity index (χ4n) is 7.01. The molecule has 3 aliphatic rings. The van der Waals surface area contributed by atoms with Crippen LogP contribution in [0, 0.1) is 28.9 Å². The molecule has 7 rings (SSSR count). The van der Waals surface area contributed by atoms with Gasteiger partial charge in [0.05, 0.1) is 26.8 Å². The Morgan fingerprint density at radius 1 is 1.16 bits per heavy atom. The van der Waals surface area contributed by atoms with Crippen LogP contribution < -0.4 is 20.7 Å². The number of anilines is 2. The van der Waals surface area contributed by atoms with Crippen LogP contribution in [0.1, 0.15) is 32.1 Å². The van der Waals surface area contributed by atoms with Gasteiger partial charge in [0.15, 0.2) is 10.9 Å². The summed E-state index contributed by atoms with van der Waals surface area (Å²) in [5, 5.41) is 13.5. The minimum atomic E-state index is -0.668. The minimum absolute atomic E-state index is 0.0448. The van der Waals surface area contributed by atoms with Crippen LogP contribution in [0.25, 0.3) is 32.2 Å². The topological polar surface area (TPSA) is 116 Å². The summed E-state index contributed by atoms with van der Waals surface area (Å²) in [7, 11) is 0. The zero-order valence-corrected chi connectivity index (χ0v) is 25.1. The molecule has 0 radical (unpaired) electrons. The largest absolute Gasteiger partial charge is 0.461 e. The van der Waals surface area contributed by atoms with E-state index in [0.717, 1.165) is 50.1 Å². The van der Waals surface area contributed by atoms with E-state index in [0.29, 0.717) is 56.0 Å². The Kier molecular flexibility index (Phi) is 7.45.